The standard InChI is InChI=1S/C21H25N5O/c1-13(2)26-11-18(12-26)21(27)24-20-8-17-7-15(5-6-16(17)9-23-20)19-10-22-14(3)25(19)4/h5-10,13,18H,11-12H2,1-4H3,(H,23,24,27). The van der Waals surface area contributed by atoms with Crippen LogP contribution in [-0.2, 0) is 11.8 Å². The van der Waals surface area contributed by atoms with Crippen molar-refractivity contribution < 1.29 is 4.79 Å². The molecule has 0 spiro atoms. The Labute approximate surface area is 159 Å². The molecule has 1 fully saturated rings. The highest BCUT2D eigenvalue weighted by atomic mass is 16.2. The third kappa shape index (κ3) is 3.32. The van der Waals surface area contributed by atoms with Crippen LogP contribution < -0.4 is 5.32 Å². The number of hydrogen-bond donors (Lipinski definition) is 1. The minimum Gasteiger partial charge on any atom is -0.331 e. The van der Waals surface area contributed by atoms with Crippen LogP contribution in [0.4, 0.5) is 5.82 Å². The summed E-state index contributed by atoms with van der Waals surface area (Å²) in [6.45, 7) is 7.94. The molecule has 2 aromatic heterocycles. The second-order valence-electron chi connectivity index (χ2n) is 7.61. The molecule has 1 aliphatic heterocycles. The zero-order chi connectivity index (χ0) is 19.1. The number of rotatable bonds is 4. The van der Waals surface area contributed by atoms with Crippen molar-refractivity contribution in [1.29, 1.82) is 0 Å². The molecule has 3 heterocycles. The smallest absolute Gasteiger partial charge is 0.231 e. The Kier molecular flexibility index (Phi) is 4.44. The summed E-state index contributed by atoms with van der Waals surface area (Å²) in [4.78, 5) is 23.5. The first-order chi connectivity index (χ1) is 12.9. The number of nitrogens with one attached hydrogen (secondary N) is 1. The lowest BCUT2D eigenvalue weighted by Crippen LogP contribution is -2.54. The predicted octanol–water partition coefficient (Wildman–Crippen LogP) is 3.22. The molecule has 0 aliphatic carbocycles. The molecule has 3 aromatic rings. The summed E-state index contributed by atoms with van der Waals surface area (Å²) >= 11 is 0. The number of aryl methyl sites for hydroxylation is 1. The monoisotopic (exact) mass is 363 g/mol. The fourth-order valence-electron chi connectivity index (χ4n) is 3.47. The number of carbonyl (C=O) groups is 1. The number of amides is 1. The Morgan fingerprint density at radius 2 is 1.93 bits per heavy atom. The van der Waals surface area contributed by atoms with Gasteiger partial charge in [0.15, 0.2) is 0 Å². The van der Waals surface area contributed by atoms with Crippen molar-refractivity contribution in [2.75, 3.05) is 18.4 Å². The maximum Gasteiger partial charge on any atom is 0.231 e. The Bertz CT molecular complexity index is 1000. The van der Waals surface area contributed by atoms with Crippen LogP contribution in [0.5, 0.6) is 0 Å². The molecule has 1 aromatic carbocycles. The average molecular weight is 363 g/mol. The Balaban J connectivity index is 1.55. The fourth-order valence-corrected chi connectivity index (χ4v) is 3.47. The van der Waals surface area contributed by atoms with Crippen molar-refractivity contribution in [3.63, 3.8) is 0 Å². The van der Waals surface area contributed by atoms with Gasteiger partial charge in [0.05, 0.1) is 17.8 Å². The second kappa shape index (κ2) is 6.78. The molecule has 4 rings (SSSR count). The van der Waals surface area contributed by atoms with E-state index in [0.29, 0.717) is 11.9 Å². The molecule has 0 saturated carbocycles. The minimum absolute atomic E-state index is 0.0497. The predicted molar refractivity (Wildman–Crippen MR) is 108 cm³/mol. The van der Waals surface area contributed by atoms with Gasteiger partial charge in [-0.15, -0.1) is 0 Å². The van der Waals surface area contributed by atoms with Gasteiger partial charge in [0.25, 0.3) is 0 Å². The fraction of sp³-hybridized carbons (Fsp3) is 0.381. The molecule has 1 aliphatic rings. The van der Waals surface area contributed by atoms with Gasteiger partial charge in [-0.25, -0.2) is 9.97 Å². The van der Waals surface area contributed by atoms with Crippen LogP contribution in [0.3, 0.4) is 0 Å². The molecule has 0 unspecified atom stereocenters. The summed E-state index contributed by atoms with van der Waals surface area (Å²) in [7, 11) is 2.01. The normalized spacial score (nSPS) is 15.3. The molecule has 1 amide bonds. The summed E-state index contributed by atoms with van der Waals surface area (Å²) in [5.41, 5.74) is 2.17. The first-order valence-corrected chi connectivity index (χ1v) is 9.36. The van der Waals surface area contributed by atoms with E-state index in [9.17, 15) is 4.79 Å². The Morgan fingerprint density at radius 3 is 2.59 bits per heavy atom. The van der Waals surface area contributed by atoms with Gasteiger partial charge in [0, 0.05) is 43.3 Å². The Hall–Kier alpha value is -2.73. The highest BCUT2D eigenvalue weighted by Gasteiger charge is 2.33. The maximum atomic E-state index is 12.4. The van der Waals surface area contributed by atoms with Crippen LogP contribution in [0.1, 0.15) is 19.7 Å². The summed E-state index contributed by atoms with van der Waals surface area (Å²) < 4.78 is 2.07. The lowest BCUT2D eigenvalue weighted by molar-refractivity contribution is -0.125. The molecule has 27 heavy (non-hydrogen) atoms. The van der Waals surface area contributed by atoms with Crippen LogP contribution in [0.25, 0.3) is 22.0 Å². The highest BCUT2D eigenvalue weighted by Crippen LogP contribution is 2.26. The van der Waals surface area contributed by atoms with Crippen molar-refractivity contribution in [1.82, 2.24) is 19.4 Å². The van der Waals surface area contributed by atoms with Gasteiger partial charge in [-0.3, -0.25) is 9.69 Å². The zero-order valence-corrected chi connectivity index (χ0v) is 16.2. The van der Waals surface area contributed by atoms with Gasteiger partial charge in [-0.1, -0.05) is 12.1 Å². The number of anilines is 1. The third-order valence-electron chi connectivity index (χ3n) is 5.50. The van der Waals surface area contributed by atoms with Crippen LogP contribution >= 0.6 is 0 Å². The third-order valence-corrected chi connectivity index (χ3v) is 5.50. The Morgan fingerprint density at radius 1 is 1.15 bits per heavy atom. The van der Waals surface area contributed by atoms with E-state index in [1.165, 1.54) is 0 Å². The number of aromatic nitrogens is 3. The molecule has 1 saturated heterocycles. The molecular weight excluding hydrogens is 338 g/mol. The van der Waals surface area contributed by atoms with Gasteiger partial charge in [0.2, 0.25) is 5.91 Å². The highest BCUT2D eigenvalue weighted by molar-refractivity contribution is 5.95. The van der Waals surface area contributed by atoms with Crippen molar-refractivity contribution in [3.8, 4) is 11.3 Å². The minimum atomic E-state index is 0.0497. The van der Waals surface area contributed by atoms with E-state index in [2.05, 4.69) is 56.8 Å². The molecule has 0 bridgehead atoms. The van der Waals surface area contributed by atoms with Gasteiger partial charge in [0.1, 0.15) is 11.6 Å². The van der Waals surface area contributed by atoms with E-state index >= 15 is 0 Å². The number of likely N-dealkylation sites (tertiary alicyclic amines) is 1. The number of fused-ring (bicyclic) bond motifs is 1. The van der Waals surface area contributed by atoms with Crippen LogP contribution in [-0.4, -0.2) is 44.5 Å². The largest absolute Gasteiger partial charge is 0.331 e. The number of benzene rings is 1. The molecule has 0 atom stereocenters. The van der Waals surface area contributed by atoms with E-state index in [1.807, 2.05) is 32.4 Å². The SMILES string of the molecule is Cc1ncc(-c2ccc3cnc(NC(=O)C4CN(C(C)C)C4)cc3c2)n1C. The summed E-state index contributed by atoms with van der Waals surface area (Å²) in [6, 6.07) is 8.68. The van der Waals surface area contributed by atoms with Crippen LogP contribution in [0, 0.1) is 12.8 Å². The van der Waals surface area contributed by atoms with Crippen molar-refractivity contribution in [2.24, 2.45) is 13.0 Å². The number of nitrogens with zero attached hydrogens (tertiary/aromatic N) is 4. The first-order valence-electron chi connectivity index (χ1n) is 9.36. The maximum absolute atomic E-state index is 12.4. The van der Waals surface area contributed by atoms with Gasteiger partial charge in [-0.05, 0) is 38.3 Å². The lowest BCUT2D eigenvalue weighted by atomic mass is 9.97. The van der Waals surface area contributed by atoms with E-state index in [1.54, 1.807) is 0 Å². The lowest BCUT2D eigenvalue weighted by Gasteiger charge is -2.40. The van der Waals surface area contributed by atoms with Crippen LogP contribution in [0.2, 0.25) is 0 Å². The van der Waals surface area contributed by atoms with Crippen molar-refractivity contribution in [2.45, 2.75) is 26.8 Å². The number of hydrogen-bond acceptors (Lipinski definition) is 4. The molecule has 1 N–H and O–H groups in total. The molecule has 0 radical (unpaired) electrons. The zero-order valence-electron chi connectivity index (χ0n) is 16.2. The molecular formula is C21H25N5O. The summed E-state index contributed by atoms with van der Waals surface area (Å²) in [5.74, 6) is 1.68. The van der Waals surface area contributed by atoms with E-state index < -0.39 is 0 Å². The van der Waals surface area contributed by atoms with Crippen molar-refractivity contribution >= 4 is 22.5 Å². The van der Waals surface area contributed by atoms with Gasteiger partial charge < -0.3 is 9.88 Å². The molecule has 140 valence electrons. The van der Waals surface area contributed by atoms with Crippen LogP contribution in [0.15, 0.2) is 36.7 Å². The molecule has 6 nitrogen and oxygen atoms in total. The average Bonchev–Trinajstić information content (AvgIpc) is 2.91. The number of imidazole rings is 1. The van der Waals surface area contributed by atoms with E-state index in [4.69, 9.17) is 0 Å². The first kappa shape index (κ1) is 17.7. The quantitative estimate of drug-likeness (QED) is 0.773. The number of pyridine rings is 1. The summed E-state index contributed by atoms with van der Waals surface area (Å²) in [5, 5.41) is 5.07. The summed E-state index contributed by atoms with van der Waals surface area (Å²) in [6.07, 6.45) is 3.70. The van der Waals surface area contributed by atoms with E-state index in [0.717, 1.165) is 40.9 Å². The molecule has 6 heteroatoms. The van der Waals surface area contributed by atoms with Crippen molar-refractivity contribution in [3.05, 3.63) is 42.5 Å². The number of carbonyl (C=O) groups excluding carboxylic acids is 1. The van der Waals surface area contributed by atoms with Gasteiger partial charge >= 0.3 is 0 Å². The topological polar surface area (TPSA) is 63.1 Å². The second-order valence-corrected chi connectivity index (χ2v) is 7.61. The van der Waals surface area contributed by atoms with E-state index in [-0.39, 0.29) is 11.8 Å². The van der Waals surface area contributed by atoms with Gasteiger partial charge in [-0.2, -0.15) is 0 Å².